The molecule has 0 amide bonds. The lowest BCUT2D eigenvalue weighted by Crippen LogP contribution is -1.94. The quantitative estimate of drug-likeness (QED) is 0.836. The zero-order chi connectivity index (χ0) is 14.0. The Labute approximate surface area is 117 Å². The minimum Gasteiger partial charge on any atom is -0.454 e. The van der Waals surface area contributed by atoms with Crippen LogP contribution in [0.25, 0.3) is 0 Å². The maximum atomic E-state index is 13.5. The summed E-state index contributed by atoms with van der Waals surface area (Å²) in [6.07, 6.45) is -0.589. The van der Waals surface area contributed by atoms with E-state index in [4.69, 9.17) is 4.74 Å². The van der Waals surface area contributed by atoms with Crippen molar-refractivity contribution in [1.82, 2.24) is 0 Å². The van der Waals surface area contributed by atoms with Gasteiger partial charge in [-0.15, -0.1) is 0 Å². The van der Waals surface area contributed by atoms with Crippen LogP contribution in [0, 0.1) is 11.6 Å². The van der Waals surface area contributed by atoms with Gasteiger partial charge in [0, 0.05) is 4.47 Å². The van der Waals surface area contributed by atoms with Gasteiger partial charge in [-0.25, -0.2) is 4.39 Å². The molecule has 0 saturated heterocycles. The molecule has 1 N–H and O–H groups in total. The van der Waals surface area contributed by atoms with Crippen molar-refractivity contribution in [3.63, 3.8) is 0 Å². The SMILES string of the molecule is C[C@@H](O)c1ccc(Oc2cc(Br)cc(F)c2F)cc1. The third-order valence-corrected chi connectivity index (χ3v) is 3.01. The summed E-state index contributed by atoms with van der Waals surface area (Å²) in [5, 5.41) is 9.36. The van der Waals surface area contributed by atoms with Crippen LogP contribution in [0.4, 0.5) is 8.78 Å². The van der Waals surface area contributed by atoms with Gasteiger partial charge in [-0.3, -0.25) is 0 Å². The molecule has 0 aliphatic rings. The van der Waals surface area contributed by atoms with Gasteiger partial charge in [0.2, 0.25) is 5.82 Å². The smallest absolute Gasteiger partial charge is 0.201 e. The number of benzene rings is 2. The molecular weight excluding hydrogens is 318 g/mol. The van der Waals surface area contributed by atoms with Crippen molar-refractivity contribution in [1.29, 1.82) is 0 Å². The summed E-state index contributed by atoms with van der Waals surface area (Å²) in [6.45, 7) is 1.64. The van der Waals surface area contributed by atoms with E-state index in [1.165, 1.54) is 6.07 Å². The molecule has 0 unspecified atom stereocenters. The molecule has 5 heteroatoms. The van der Waals surface area contributed by atoms with Crippen LogP contribution >= 0.6 is 15.9 Å². The highest BCUT2D eigenvalue weighted by molar-refractivity contribution is 9.10. The molecule has 1 atom stereocenters. The summed E-state index contributed by atoms with van der Waals surface area (Å²) >= 11 is 3.07. The third-order valence-electron chi connectivity index (χ3n) is 2.55. The number of aliphatic hydroxyl groups is 1. The normalized spacial score (nSPS) is 12.3. The lowest BCUT2D eigenvalue weighted by Gasteiger charge is -2.09. The Morgan fingerprint density at radius 1 is 1.16 bits per heavy atom. The minimum atomic E-state index is -1.04. The first-order chi connectivity index (χ1) is 8.97. The maximum absolute atomic E-state index is 13.5. The van der Waals surface area contributed by atoms with E-state index >= 15 is 0 Å². The summed E-state index contributed by atoms with van der Waals surface area (Å²) in [7, 11) is 0. The van der Waals surface area contributed by atoms with Gasteiger partial charge in [0.25, 0.3) is 0 Å². The van der Waals surface area contributed by atoms with Gasteiger partial charge in [-0.1, -0.05) is 28.1 Å². The number of rotatable bonds is 3. The zero-order valence-corrected chi connectivity index (χ0v) is 11.6. The fourth-order valence-corrected chi connectivity index (χ4v) is 1.96. The van der Waals surface area contributed by atoms with E-state index in [1.807, 2.05) is 0 Å². The van der Waals surface area contributed by atoms with Crippen molar-refractivity contribution in [2.75, 3.05) is 0 Å². The van der Waals surface area contributed by atoms with Crippen molar-refractivity contribution < 1.29 is 18.6 Å². The lowest BCUT2D eigenvalue weighted by molar-refractivity contribution is 0.199. The van der Waals surface area contributed by atoms with Gasteiger partial charge in [0.15, 0.2) is 11.6 Å². The van der Waals surface area contributed by atoms with Gasteiger partial charge < -0.3 is 9.84 Å². The Bertz CT molecular complexity index is 583. The summed E-state index contributed by atoms with van der Waals surface area (Å²) < 4.78 is 32.4. The second-order valence-electron chi connectivity index (χ2n) is 4.05. The van der Waals surface area contributed by atoms with E-state index in [-0.39, 0.29) is 5.75 Å². The molecule has 0 aliphatic carbocycles. The van der Waals surface area contributed by atoms with E-state index in [0.29, 0.717) is 15.8 Å². The fourth-order valence-electron chi connectivity index (χ4n) is 1.55. The van der Waals surface area contributed by atoms with Gasteiger partial charge in [-0.05, 0) is 36.8 Å². The molecule has 0 spiro atoms. The van der Waals surface area contributed by atoms with Crippen LogP contribution in [-0.2, 0) is 0 Å². The Morgan fingerprint density at radius 2 is 1.79 bits per heavy atom. The van der Waals surface area contributed by atoms with E-state index in [9.17, 15) is 13.9 Å². The summed E-state index contributed by atoms with van der Waals surface area (Å²) in [5.41, 5.74) is 0.716. The van der Waals surface area contributed by atoms with Crippen LogP contribution < -0.4 is 4.74 Å². The topological polar surface area (TPSA) is 29.5 Å². The Morgan fingerprint density at radius 3 is 2.37 bits per heavy atom. The Balaban J connectivity index is 2.26. The maximum Gasteiger partial charge on any atom is 0.201 e. The van der Waals surface area contributed by atoms with Crippen molar-refractivity contribution in [3.8, 4) is 11.5 Å². The van der Waals surface area contributed by atoms with Crippen LogP contribution in [0.1, 0.15) is 18.6 Å². The molecule has 0 aliphatic heterocycles. The Hall–Kier alpha value is -1.46. The van der Waals surface area contributed by atoms with E-state index < -0.39 is 17.7 Å². The highest BCUT2D eigenvalue weighted by Gasteiger charge is 2.12. The summed E-state index contributed by atoms with van der Waals surface area (Å²) in [5.74, 6) is -1.86. The fraction of sp³-hybridized carbons (Fsp3) is 0.143. The van der Waals surface area contributed by atoms with Crippen molar-refractivity contribution in [2.45, 2.75) is 13.0 Å². The third kappa shape index (κ3) is 3.30. The second kappa shape index (κ2) is 5.67. The molecule has 0 saturated carbocycles. The van der Waals surface area contributed by atoms with E-state index in [1.54, 1.807) is 31.2 Å². The molecule has 100 valence electrons. The van der Waals surface area contributed by atoms with Crippen LogP contribution in [0.5, 0.6) is 11.5 Å². The molecule has 2 nitrogen and oxygen atoms in total. The van der Waals surface area contributed by atoms with Gasteiger partial charge in [0.1, 0.15) is 5.75 Å². The van der Waals surface area contributed by atoms with E-state index in [2.05, 4.69) is 15.9 Å². The van der Waals surface area contributed by atoms with Crippen LogP contribution in [0.3, 0.4) is 0 Å². The summed E-state index contributed by atoms with van der Waals surface area (Å²) in [4.78, 5) is 0. The first-order valence-electron chi connectivity index (χ1n) is 5.58. The molecule has 2 rings (SSSR count). The predicted octanol–water partition coefficient (Wildman–Crippen LogP) is 4.57. The zero-order valence-electron chi connectivity index (χ0n) is 10.0. The van der Waals surface area contributed by atoms with Crippen molar-refractivity contribution in [3.05, 3.63) is 58.1 Å². The number of hydrogen-bond acceptors (Lipinski definition) is 2. The molecule has 2 aromatic rings. The summed E-state index contributed by atoms with van der Waals surface area (Å²) in [6, 6.07) is 8.86. The number of halogens is 3. The largest absolute Gasteiger partial charge is 0.454 e. The molecule has 0 aromatic heterocycles. The van der Waals surface area contributed by atoms with Crippen molar-refractivity contribution in [2.24, 2.45) is 0 Å². The number of aliphatic hydroxyl groups excluding tert-OH is 1. The monoisotopic (exact) mass is 328 g/mol. The molecule has 0 bridgehead atoms. The van der Waals surface area contributed by atoms with Crippen molar-refractivity contribution >= 4 is 15.9 Å². The lowest BCUT2D eigenvalue weighted by atomic mass is 10.1. The highest BCUT2D eigenvalue weighted by Crippen LogP contribution is 2.30. The average Bonchev–Trinajstić information content (AvgIpc) is 2.36. The number of hydrogen-bond donors (Lipinski definition) is 1. The average molecular weight is 329 g/mol. The van der Waals surface area contributed by atoms with Gasteiger partial charge in [0.05, 0.1) is 6.10 Å². The van der Waals surface area contributed by atoms with Crippen LogP contribution in [0.2, 0.25) is 0 Å². The van der Waals surface area contributed by atoms with Crippen LogP contribution in [-0.4, -0.2) is 5.11 Å². The van der Waals surface area contributed by atoms with Gasteiger partial charge >= 0.3 is 0 Å². The standard InChI is InChI=1S/C14H11BrF2O2/c1-8(18)9-2-4-11(5-3-9)19-13-7-10(15)6-12(16)14(13)17/h2-8,18H,1H3/t8-/m1/s1. The molecule has 2 aromatic carbocycles. The molecule has 0 radical (unpaired) electrons. The predicted molar refractivity (Wildman–Crippen MR) is 71.2 cm³/mol. The second-order valence-corrected chi connectivity index (χ2v) is 4.96. The van der Waals surface area contributed by atoms with Crippen LogP contribution in [0.15, 0.2) is 40.9 Å². The first-order valence-corrected chi connectivity index (χ1v) is 6.37. The first kappa shape index (κ1) is 14.0. The van der Waals surface area contributed by atoms with E-state index in [0.717, 1.165) is 6.07 Å². The molecule has 19 heavy (non-hydrogen) atoms. The Kier molecular flexibility index (Phi) is 4.17. The molecule has 0 fully saturated rings. The number of ether oxygens (including phenoxy) is 1. The minimum absolute atomic E-state index is 0.198. The molecular formula is C14H11BrF2O2. The van der Waals surface area contributed by atoms with Gasteiger partial charge in [-0.2, -0.15) is 4.39 Å². The molecule has 0 heterocycles. The highest BCUT2D eigenvalue weighted by atomic mass is 79.9.